The molecule has 1 aliphatic carbocycles. The molecule has 4 N–H and O–H groups in total. The molecule has 0 radical (unpaired) electrons. The molecule has 0 saturated heterocycles. The lowest BCUT2D eigenvalue weighted by Gasteiger charge is -2.34. The molecule has 0 atom stereocenters. The number of aliphatic hydroxyl groups excluding tert-OH is 1. The molecule has 0 heterocycles. The third kappa shape index (κ3) is 5.67. The van der Waals surface area contributed by atoms with E-state index in [9.17, 15) is 19.8 Å². The van der Waals surface area contributed by atoms with Gasteiger partial charge in [-0.3, -0.25) is 4.79 Å². The van der Waals surface area contributed by atoms with Gasteiger partial charge in [0, 0.05) is 11.0 Å². The van der Waals surface area contributed by atoms with E-state index in [2.05, 4.69) is 50.4 Å². The summed E-state index contributed by atoms with van der Waals surface area (Å²) in [6.07, 6.45) is 7.67. The highest BCUT2D eigenvalue weighted by Crippen LogP contribution is 2.41. The maximum Gasteiger partial charge on any atom is 0.506 e. The number of rotatable bonds is 10. The highest BCUT2D eigenvalue weighted by molar-refractivity contribution is 5.99. The third-order valence-corrected chi connectivity index (χ3v) is 8.50. The van der Waals surface area contributed by atoms with Gasteiger partial charge in [-0.1, -0.05) is 57.0 Å². The molecule has 0 bridgehead atoms. The van der Waals surface area contributed by atoms with Gasteiger partial charge < -0.3 is 20.3 Å². The number of carbonyl (C=O) groups excluding carboxylic acids is 1. The Bertz CT molecular complexity index is 1110. The van der Waals surface area contributed by atoms with Crippen molar-refractivity contribution in [3.8, 4) is 0 Å². The fourth-order valence-electron chi connectivity index (χ4n) is 5.78. The van der Waals surface area contributed by atoms with E-state index < -0.39 is 17.1 Å². The van der Waals surface area contributed by atoms with E-state index >= 15 is 0 Å². The van der Waals surface area contributed by atoms with Gasteiger partial charge in [0.15, 0.2) is 5.54 Å². The van der Waals surface area contributed by atoms with Crippen molar-refractivity contribution in [2.45, 2.75) is 109 Å². The molecule has 0 aliphatic heterocycles. The Morgan fingerprint density at radius 3 is 2.06 bits per heavy atom. The van der Waals surface area contributed by atoms with Crippen molar-refractivity contribution in [2.75, 3.05) is 0 Å². The van der Waals surface area contributed by atoms with Crippen molar-refractivity contribution < 1.29 is 19.8 Å². The first-order valence-corrected chi connectivity index (χ1v) is 13.4. The molecule has 2 aromatic carbocycles. The first kappa shape index (κ1) is 27.9. The first-order valence-electron chi connectivity index (χ1n) is 13.4. The second kappa shape index (κ2) is 10.8. The van der Waals surface area contributed by atoms with E-state index in [1.54, 1.807) is 13.8 Å². The summed E-state index contributed by atoms with van der Waals surface area (Å²) in [4.78, 5) is 22.3. The van der Waals surface area contributed by atoms with Gasteiger partial charge in [0.25, 0.3) is 5.91 Å². The molecule has 1 saturated carbocycles. The van der Waals surface area contributed by atoms with Gasteiger partial charge in [-0.2, -0.15) is 0 Å². The number of hydrogen-bond acceptors (Lipinski definition) is 2. The molecule has 36 heavy (non-hydrogen) atoms. The van der Waals surface area contributed by atoms with E-state index in [0.717, 1.165) is 56.9 Å². The quantitative estimate of drug-likeness (QED) is 0.343. The topological polar surface area (TPSA) is 91.0 Å². The Labute approximate surface area is 216 Å². The Morgan fingerprint density at radius 1 is 1.00 bits per heavy atom. The zero-order valence-corrected chi connectivity index (χ0v) is 22.9. The van der Waals surface area contributed by atoms with Gasteiger partial charge in [-0.25, -0.2) is 0 Å². The molecule has 5 nitrogen and oxygen atoms in total. The normalized spacial score (nSPS) is 15.6. The average Bonchev–Trinajstić information content (AvgIpc) is 3.26. The predicted octanol–water partition coefficient (Wildman–Crippen LogP) is 6.22. The number of amides is 1. The van der Waals surface area contributed by atoms with Gasteiger partial charge in [0.1, 0.15) is 0 Å². The van der Waals surface area contributed by atoms with Crippen LogP contribution in [0.1, 0.15) is 111 Å². The van der Waals surface area contributed by atoms with Gasteiger partial charge in [-0.15, -0.1) is 0 Å². The summed E-state index contributed by atoms with van der Waals surface area (Å²) in [5.74, 6) is -1.16. The Kier molecular flexibility index (Phi) is 8.34. The summed E-state index contributed by atoms with van der Waals surface area (Å²) in [7, 11) is 0. The van der Waals surface area contributed by atoms with Crippen LogP contribution in [0.4, 0.5) is 0 Å². The van der Waals surface area contributed by atoms with E-state index in [0.29, 0.717) is 5.56 Å². The summed E-state index contributed by atoms with van der Waals surface area (Å²) < 4.78 is 0. The van der Waals surface area contributed by atoms with Gasteiger partial charge in [0.05, 0.1) is 5.60 Å². The van der Waals surface area contributed by atoms with E-state index in [4.69, 9.17) is 0 Å². The maximum absolute atomic E-state index is 12.9. The van der Waals surface area contributed by atoms with Crippen LogP contribution in [0.2, 0.25) is 0 Å². The van der Waals surface area contributed by atoms with Gasteiger partial charge >= 0.3 is 5.97 Å². The summed E-state index contributed by atoms with van der Waals surface area (Å²) in [6.45, 7) is 11.6. The van der Waals surface area contributed by atoms with Crippen LogP contribution in [0.25, 0.3) is 0 Å². The van der Waals surface area contributed by atoms with E-state index in [1.807, 2.05) is 19.1 Å². The SMILES string of the molecule is CCC(CC)(c1ccc(CCC2(O)CCCC2)c(C)c1)c1ccc(C(=O)NC(C)(C)C(O)=[OH+])c(C)c1. The summed E-state index contributed by atoms with van der Waals surface area (Å²) in [5, 5.41) is 22.9. The van der Waals surface area contributed by atoms with Crippen LogP contribution in [0.5, 0.6) is 0 Å². The Hall–Kier alpha value is -2.66. The van der Waals surface area contributed by atoms with Crippen LogP contribution in [-0.4, -0.2) is 38.0 Å². The molecule has 1 amide bonds. The van der Waals surface area contributed by atoms with Crippen LogP contribution >= 0.6 is 0 Å². The molecular weight excluding hydrogens is 450 g/mol. The van der Waals surface area contributed by atoms with Crippen molar-refractivity contribution in [1.29, 1.82) is 0 Å². The molecule has 2 aromatic rings. The number of benzene rings is 2. The molecular formula is C31H44NO4+. The molecule has 1 fully saturated rings. The largest absolute Gasteiger partial charge is 0.506 e. The van der Waals surface area contributed by atoms with Crippen LogP contribution in [0.15, 0.2) is 36.4 Å². The molecule has 5 heteroatoms. The molecule has 196 valence electrons. The smallest absolute Gasteiger partial charge is 0.390 e. The molecule has 0 aromatic heterocycles. The minimum absolute atomic E-state index is 0.177. The monoisotopic (exact) mass is 494 g/mol. The summed E-state index contributed by atoms with van der Waals surface area (Å²) >= 11 is 0. The van der Waals surface area contributed by atoms with E-state index in [1.165, 1.54) is 22.3 Å². The summed E-state index contributed by atoms with van der Waals surface area (Å²) in [5.41, 5.74) is 4.47. The predicted molar refractivity (Wildman–Crippen MR) is 147 cm³/mol. The van der Waals surface area contributed by atoms with Crippen LogP contribution < -0.4 is 5.32 Å². The number of carbonyl (C=O) groups is 1. The van der Waals surface area contributed by atoms with Crippen LogP contribution in [-0.2, 0) is 11.8 Å². The lowest BCUT2D eigenvalue weighted by molar-refractivity contribution is 0.0391. The zero-order chi connectivity index (χ0) is 26.7. The van der Waals surface area contributed by atoms with Crippen molar-refractivity contribution in [3.05, 3.63) is 69.8 Å². The zero-order valence-electron chi connectivity index (χ0n) is 22.9. The molecule has 1 aliphatic rings. The third-order valence-electron chi connectivity index (χ3n) is 8.50. The number of carboxylic acid groups (broad SMARTS) is 1. The number of aryl methyl sites for hydroxylation is 3. The second-order valence-electron chi connectivity index (χ2n) is 11.3. The van der Waals surface area contributed by atoms with Crippen molar-refractivity contribution in [2.24, 2.45) is 0 Å². The molecule has 0 unspecified atom stereocenters. The second-order valence-corrected chi connectivity index (χ2v) is 11.3. The average molecular weight is 495 g/mol. The fourth-order valence-corrected chi connectivity index (χ4v) is 5.78. The maximum atomic E-state index is 12.9. The highest BCUT2D eigenvalue weighted by Gasteiger charge is 2.36. The standard InChI is InChI=1S/C31H43NO4/c1-7-31(8-2,24-12-11-23(21(3)19-24)15-18-30(36)16-9-10-17-30)25-13-14-26(22(4)20-25)27(33)32-29(5,6)28(34)35/h11-14,19-20,36H,7-10,15-18H2,1-6H3,(H,32,33)(H,34,35)/p+1. The number of aliphatic hydroxyl groups is 1. The van der Waals surface area contributed by atoms with Crippen molar-refractivity contribution in [3.63, 3.8) is 0 Å². The number of hydrogen-bond donors (Lipinski definition) is 3. The number of nitrogens with one attached hydrogen (secondary N) is 1. The number of carboxylic acids is 1. The van der Waals surface area contributed by atoms with Gasteiger partial charge in [-0.05, 0) is 100 Å². The van der Waals surface area contributed by atoms with E-state index in [-0.39, 0.29) is 11.3 Å². The lowest BCUT2D eigenvalue weighted by atomic mass is 9.69. The lowest BCUT2D eigenvalue weighted by Crippen LogP contribution is -2.50. The molecule has 0 spiro atoms. The fraction of sp³-hybridized carbons (Fsp3) is 0.548. The van der Waals surface area contributed by atoms with Crippen LogP contribution in [0.3, 0.4) is 0 Å². The van der Waals surface area contributed by atoms with Crippen molar-refractivity contribution >= 4 is 11.9 Å². The molecule has 3 rings (SSSR count). The van der Waals surface area contributed by atoms with Gasteiger partial charge in [0.2, 0.25) is 0 Å². The minimum atomic E-state index is -1.23. The Morgan fingerprint density at radius 2 is 1.56 bits per heavy atom. The number of aliphatic carboxylic acids is 1. The van der Waals surface area contributed by atoms with Crippen molar-refractivity contribution in [1.82, 2.24) is 5.32 Å². The first-order chi connectivity index (χ1) is 16.9. The Balaban J connectivity index is 1.88. The minimum Gasteiger partial charge on any atom is -0.390 e. The van der Waals surface area contributed by atoms with Crippen LogP contribution in [0, 0.1) is 13.8 Å². The highest BCUT2D eigenvalue weighted by atomic mass is 16.4. The summed E-state index contributed by atoms with van der Waals surface area (Å²) in [6, 6.07) is 12.7.